The highest BCUT2D eigenvalue weighted by Crippen LogP contribution is 2.20. The fraction of sp³-hybridized carbons (Fsp3) is 0.333. The number of para-hydroxylation sites is 1. The first-order chi connectivity index (χ1) is 6.70. The Morgan fingerprint density at radius 1 is 1.43 bits per heavy atom. The maximum absolute atomic E-state index is 9.93. The van der Waals surface area contributed by atoms with Crippen LogP contribution in [0.15, 0.2) is 43.0 Å². The summed E-state index contributed by atoms with van der Waals surface area (Å²) in [5.74, 6) is -0.584. The second-order valence-corrected chi connectivity index (χ2v) is 3.21. The van der Waals surface area contributed by atoms with Crippen LogP contribution in [0.5, 0.6) is 5.75 Å². The van der Waals surface area contributed by atoms with Crippen molar-refractivity contribution in [1.29, 1.82) is 0 Å². The Kier molecular flexibility index (Phi) is 3.72. The van der Waals surface area contributed by atoms with E-state index in [0.717, 1.165) is 6.42 Å². The topological polar surface area (TPSA) is 29.5 Å². The van der Waals surface area contributed by atoms with Crippen LogP contribution in [0.1, 0.15) is 19.8 Å². The summed E-state index contributed by atoms with van der Waals surface area (Å²) in [6, 6.07) is 9.25. The summed E-state index contributed by atoms with van der Waals surface area (Å²) in [4.78, 5) is 0. The molecular weight excluding hydrogens is 176 g/mol. The number of benzene rings is 1. The molecule has 0 spiro atoms. The Morgan fingerprint density at radius 2 is 2.07 bits per heavy atom. The third-order valence-electron chi connectivity index (χ3n) is 1.96. The van der Waals surface area contributed by atoms with Crippen LogP contribution in [0.3, 0.4) is 0 Å². The van der Waals surface area contributed by atoms with Crippen LogP contribution in [0.4, 0.5) is 0 Å². The summed E-state index contributed by atoms with van der Waals surface area (Å²) < 4.78 is 5.43. The van der Waals surface area contributed by atoms with E-state index in [0.29, 0.717) is 12.2 Å². The molecule has 14 heavy (non-hydrogen) atoms. The van der Waals surface area contributed by atoms with Gasteiger partial charge in [0, 0.05) is 6.42 Å². The minimum atomic E-state index is -1.24. The van der Waals surface area contributed by atoms with E-state index in [2.05, 4.69) is 6.58 Å². The largest absolute Gasteiger partial charge is 0.459 e. The molecule has 0 heterocycles. The van der Waals surface area contributed by atoms with Gasteiger partial charge in [-0.3, -0.25) is 0 Å². The van der Waals surface area contributed by atoms with Crippen molar-refractivity contribution in [1.82, 2.24) is 0 Å². The monoisotopic (exact) mass is 192 g/mol. The zero-order valence-corrected chi connectivity index (χ0v) is 8.44. The quantitative estimate of drug-likeness (QED) is 0.574. The van der Waals surface area contributed by atoms with E-state index in [1.165, 1.54) is 6.08 Å². The summed E-state index contributed by atoms with van der Waals surface area (Å²) >= 11 is 0. The Balaban J connectivity index is 2.70. The van der Waals surface area contributed by atoms with E-state index in [1.54, 1.807) is 0 Å². The van der Waals surface area contributed by atoms with Crippen molar-refractivity contribution in [3.63, 3.8) is 0 Å². The predicted octanol–water partition coefficient (Wildman–Crippen LogP) is 2.74. The van der Waals surface area contributed by atoms with Crippen molar-refractivity contribution in [2.45, 2.75) is 25.6 Å². The molecule has 1 unspecified atom stereocenters. The van der Waals surface area contributed by atoms with E-state index >= 15 is 0 Å². The van der Waals surface area contributed by atoms with E-state index in [9.17, 15) is 5.11 Å². The van der Waals surface area contributed by atoms with E-state index in [-0.39, 0.29) is 0 Å². The smallest absolute Gasteiger partial charge is 0.227 e. The fourth-order valence-electron chi connectivity index (χ4n) is 1.25. The summed E-state index contributed by atoms with van der Waals surface area (Å²) in [6.45, 7) is 5.56. The van der Waals surface area contributed by atoms with Crippen LogP contribution < -0.4 is 4.74 Å². The van der Waals surface area contributed by atoms with Crippen molar-refractivity contribution in [2.24, 2.45) is 0 Å². The van der Waals surface area contributed by atoms with E-state index in [4.69, 9.17) is 4.74 Å². The van der Waals surface area contributed by atoms with Crippen molar-refractivity contribution in [3.05, 3.63) is 43.0 Å². The zero-order chi connectivity index (χ0) is 10.4. The van der Waals surface area contributed by atoms with Crippen molar-refractivity contribution < 1.29 is 9.84 Å². The lowest BCUT2D eigenvalue weighted by atomic mass is 10.1. The Morgan fingerprint density at radius 3 is 2.57 bits per heavy atom. The van der Waals surface area contributed by atoms with Crippen LogP contribution in [0, 0.1) is 0 Å². The van der Waals surface area contributed by atoms with Crippen LogP contribution in [-0.4, -0.2) is 10.9 Å². The summed E-state index contributed by atoms with van der Waals surface area (Å²) in [7, 11) is 0. The minimum Gasteiger partial charge on any atom is -0.459 e. The molecule has 0 aliphatic carbocycles. The zero-order valence-electron chi connectivity index (χ0n) is 8.44. The molecule has 1 rings (SSSR count). The molecule has 2 heteroatoms. The molecule has 0 amide bonds. The third kappa shape index (κ3) is 2.89. The maximum atomic E-state index is 9.93. The van der Waals surface area contributed by atoms with Gasteiger partial charge in [-0.15, -0.1) is 0 Å². The number of rotatable bonds is 5. The van der Waals surface area contributed by atoms with Gasteiger partial charge in [-0.05, 0) is 24.6 Å². The second kappa shape index (κ2) is 4.82. The second-order valence-electron chi connectivity index (χ2n) is 3.21. The van der Waals surface area contributed by atoms with Gasteiger partial charge in [0.25, 0.3) is 0 Å². The molecule has 0 aromatic heterocycles. The average Bonchev–Trinajstić information content (AvgIpc) is 2.20. The van der Waals surface area contributed by atoms with Crippen molar-refractivity contribution in [3.8, 4) is 5.75 Å². The van der Waals surface area contributed by atoms with Crippen molar-refractivity contribution >= 4 is 0 Å². The summed E-state index contributed by atoms with van der Waals surface area (Å²) in [5, 5.41) is 9.93. The molecule has 0 saturated carbocycles. The molecule has 0 aliphatic heterocycles. The van der Waals surface area contributed by atoms with Gasteiger partial charge in [-0.2, -0.15) is 0 Å². The van der Waals surface area contributed by atoms with Gasteiger partial charge in [0.15, 0.2) is 0 Å². The van der Waals surface area contributed by atoms with Crippen LogP contribution in [0.25, 0.3) is 0 Å². The van der Waals surface area contributed by atoms with E-state index < -0.39 is 5.79 Å². The first-order valence-electron chi connectivity index (χ1n) is 4.80. The molecule has 0 saturated heterocycles. The van der Waals surface area contributed by atoms with Gasteiger partial charge < -0.3 is 9.84 Å². The van der Waals surface area contributed by atoms with Gasteiger partial charge in [0.2, 0.25) is 5.79 Å². The maximum Gasteiger partial charge on any atom is 0.227 e. The first kappa shape index (κ1) is 10.8. The standard InChI is InChI=1S/C12H16O2/c1-3-10-12(13,4-2)14-11-8-6-5-7-9-11/h4-9,13H,2-3,10H2,1H3. The summed E-state index contributed by atoms with van der Waals surface area (Å²) in [6.07, 6.45) is 2.82. The lowest BCUT2D eigenvalue weighted by molar-refractivity contribution is -0.0998. The van der Waals surface area contributed by atoms with Crippen LogP contribution >= 0.6 is 0 Å². The molecule has 0 bridgehead atoms. The molecule has 0 radical (unpaired) electrons. The molecule has 1 aromatic rings. The third-order valence-corrected chi connectivity index (χ3v) is 1.96. The van der Waals surface area contributed by atoms with Crippen LogP contribution in [0.2, 0.25) is 0 Å². The highest BCUT2D eigenvalue weighted by molar-refractivity contribution is 5.22. The Hall–Kier alpha value is -1.28. The summed E-state index contributed by atoms with van der Waals surface area (Å²) in [5.41, 5.74) is 0. The number of hydrogen-bond acceptors (Lipinski definition) is 2. The fourth-order valence-corrected chi connectivity index (χ4v) is 1.25. The molecule has 1 aromatic carbocycles. The average molecular weight is 192 g/mol. The Bertz CT molecular complexity index is 282. The highest BCUT2D eigenvalue weighted by atomic mass is 16.6. The lowest BCUT2D eigenvalue weighted by Gasteiger charge is -2.25. The number of hydrogen-bond donors (Lipinski definition) is 1. The molecule has 1 N–H and O–H groups in total. The molecule has 1 atom stereocenters. The minimum absolute atomic E-state index is 0.547. The predicted molar refractivity (Wildman–Crippen MR) is 57.1 cm³/mol. The SMILES string of the molecule is C=CC(O)(CCC)Oc1ccccc1. The van der Waals surface area contributed by atoms with Gasteiger partial charge in [0.1, 0.15) is 5.75 Å². The van der Waals surface area contributed by atoms with Gasteiger partial charge in [-0.1, -0.05) is 31.7 Å². The Labute approximate surface area is 84.8 Å². The van der Waals surface area contributed by atoms with Gasteiger partial charge >= 0.3 is 0 Å². The first-order valence-corrected chi connectivity index (χ1v) is 4.80. The van der Waals surface area contributed by atoms with E-state index in [1.807, 2.05) is 37.3 Å². The van der Waals surface area contributed by atoms with Gasteiger partial charge in [0.05, 0.1) is 0 Å². The number of ether oxygens (including phenoxy) is 1. The highest BCUT2D eigenvalue weighted by Gasteiger charge is 2.23. The lowest BCUT2D eigenvalue weighted by Crippen LogP contribution is -2.32. The van der Waals surface area contributed by atoms with Crippen LogP contribution in [-0.2, 0) is 0 Å². The molecular formula is C12H16O2. The normalized spacial score (nSPS) is 14.4. The molecule has 2 nitrogen and oxygen atoms in total. The number of aliphatic hydroxyl groups is 1. The molecule has 0 fully saturated rings. The molecule has 76 valence electrons. The van der Waals surface area contributed by atoms with Crippen molar-refractivity contribution in [2.75, 3.05) is 0 Å². The van der Waals surface area contributed by atoms with Gasteiger partial charge in [-0.25, -0.2) is 0 Å². The molecule has 0 aliphatic rings.